The van der Waals surface area contributed by atoms with Gasteiger partial charge in [0.15, 0.2) is 0 Å². The minimum Gasteiger partial charge on any atom is -0.375 e. The smallest absolute Gasteiger partial charge is 0.0600 e. The van der Waals surface area contributed by atoms with Crippen molar-refractivity contribution in [1.29, 1.82) is 0 Å². The summed E-state index contributed by atoms with van der Waals surface area (Å²) in [4.78, 5) is 7.69. The van der Waals surface area contributed by atoms with Crippen LogP contribution >= 0.6 is 0 Å². The monoisotopic (exact) mass is 297 g/mol. The second-order valence-corrected chi connectivity index (χ2v) is 7.85. The third-order valence-corrected chi connectivity index (χ3v) is 4.76. The Morgan fingerprint density at radius 1 is 0.905 bits per heavy atom. The number of ether oxygens (including phenoxy) is 1. The second-order valence-electron chi connectivity index (χ2n) is 7.85. The summed E-state index contributed by atoms with van der Waals surface area (Å²) in [6.07, 6.45) is 2.77. The standard InChI is InChI=1S/C17H35N3O/c1-17(2,3)21-14-13-19-9-11-20(12-10-19)15-16-5-7-18(4)8-6-16/h16H,5-15H2,1-4H3. The Labute approximate surface area is 131 Å². The van der Waals surface area contributed by atoms with E-state index in [4.69, 9.17) is 4.74 Å². The fraction of sp³-hybridized carbons (Fsp3) is 1.00. The van der Waals surface area contributed by atoms with E-state index in [1.54, 1.807) is 0 Å². The Morgan fingerprint density at radius 2 is 1.48 bits per heavy atom. The number of piperidine rings is 1. The van der Waals surface area contributed by atoms with Gasteiger partial charge < -0.3 is 14.5 Å². The topological polar surface area (TPSA) is 19.0 Å². The fourth-order valence-electron chi connectivity index (χ4n) is 3.29. The summed E-state index contributed by atoms with van der Waals surface area (Å²) in [5, 5.41) is 0. The van der Waals surface area contributed by atoms with Crippen molar-refractivity contribution in [2.24, 2.45) is 5.92 Å². The van der Waals surface area contributed by atoms with Crippen LogP contribution < -0.4 is 0 Å². The molecule has 0 aromatic heterocycles. The van der Waals surface area contributed by atoms with Gasteiger partial charge in [0.25, 0.3) is 0 Å². The van der Waals surface area contributed by atoms with Crippen molar-refractivity contribution in [2.75, 3.05) is 66.0 Å². The average molecular weight is 297 g/mol. The first-order chi connectivity index (χ1) is 9.92. The molecule has 0 aromatic carbocycles. The van der Waals surface area contributed by atoms with Gasteiger partial charge in [-0.25, -0.2) is 0 Å². The highest BCUT2D eigenvalue weighted by Gasteiger charge is 2.22. The molecule has 0 saturated carbocycles. The fourth-order valence-corrected chi connectivity index (χ4v) is 3.29. The molecule has 2 saturated heterocycles. The molecule has 2 heterocycles. The van der Waals surface area contributed by atoms with Crippen molar-refractivity contribution >= 4 is 0 Å². The average Bonchev–Trinajstić information content (AvgIpc) is 2.42. The molecule has 0 N–H and O–H groups in total. The van der Waals surface area contributed by atoms with Crippen molar-refractivity contribution in [3.63, 3.8) is 0 Å². The van der Waals surface area contributed by atoms with Crippen LogP contribution in [0.4, 0.5) is 0 Å². The number of rotatable bonds is 5. The number of nitrogens with zero attached hydrogens (tertiary/aromatic N) is 3. The van der Waals surface area contributed by atoms with Gasteiger partial charge in [-0.05, 0) is 59.7 Å². The van der Waals surface area contributed by atoms with Gasteiger partial charge in [0, 0.05) is 39.3 Å². The van der Waals surface area contributed by atoms with Crippen LogP contribution in [0.25, 0.3) is 0 Å². The van der Waals surface area contributed by atoms with E-state index in [-0.39, 0.29) is 5.60 Å². The van der Waals surface area contributed by atoms with Crippen molar-refractivity contribution in [3.05, 3.63) is 0 Å². The molecule has 4 nitrogen and oxygen atoms in total. The molecular formula is C17H35N3O. The number of likely N-dealkylation sites (tertiary alicyclic amines) is 1. The minimum atomic E-state index is -0.00400. The molecule has 0 spiro atoms. The van der Waals surface area contributed by atoms with Crippen molar-refractivity contribution in [2.45, 2.75) is 39.2 Å². The predicted molar refractivity (Wildman–Crippen MR) is 88.8 cm³/mol. The third-order valence-electron chi connectivity index (χ3n) is 4.76. The SMILES string of the molecule is CN1CCC(CN2CCN(CCOC(C)(C)C)CC2)CC1. The quantitative estimate of drug-likeness (QED) is 0.770. The summed E-state index contributed by atoms with van der Waals surface area (Å²) in [5.74, 6) is 0.928. The molecule has 0 amide bonds. The summed E-state index contributed by atoms with van der Waals surface area (Å²) in [7, 11) is 2.24. The summed E-state index contributed by atoms with van der Waals surface area (Å²) >= 11 is 0. The molecule has 0 radical (unpaired) electrons. The lowest BCUT2D eigenvalue weighted by Crippen LogP contribution is -2.49. The Balaban J connectivity index is 1.58. The second kappa shape index (κ2) is 7.91. The zero-order valence-corrected chi connectivity index (χ0v) is 14.6. The van der Waals surface area contributed by atoms with Crippen molar-refractivity contribution in [3.8, 4) is 0 Å². The molecule has 0 aromatic rings. The van der Waals surface area contributed by atoms with Gasteiger partial charge in [0.2, 0.25) is 0 Å². The van der Waals surface area contributed by atoms with Crippen LogP contribution in [0.2, 0.25) is 0 Å². The van der Waals surface area contributed by atoms with E-state index in [9.17, 15) is 0 Å². The Kier molecular flexibility index (Phi) is 6.48. The van der Waals surface area contributed by atoms with Crippen LogP contribution in [0.1, 0.15) is 33.6 Å². The maximum Gasteiger partial charge on any atom is 0.0600 e. The predicted octanol–water partition coefficient (Wildman–Crippen LogP) is 1.76. The molecule has 2 fully saturated rings. The molecule has 21 heavy (non-hydrogen) atoms. The Hall–Kier alpha value is -0.160. The van der Waals surface area contributed by atoms with Gasteiger partial charge in [0.1, 0.15) is 0 Å². The van der Waals surface area contributed by atoms with Crippen molar-refractivity contribution in [1.82, 2.24) is 14.7 Å². The molecular weight excluding hydrogens is 262 g/mol. The lowest BCUT2D eigenvalue weighted by molar-refractivity contribution is -0.0185. The first-order valence-corrected chi connectivity index (χ1v) is 8.69. The van der Waals surface area contributed by atoms with Crippen LogP contribution in [0, 0.1) is 5.92 Å². The largest absolute Gasteiger partial charge is 0.375 e. The highest BCUT2D eigenvalue weighted by Crippen LogP contribution is 2.18. The normalized spacial score (nSPS) is 24.6. The van der Waals surface area contributed by atoms with Crippen LogP contribution in [-0.2, 0) is 4.74 Å². The van der Waals surface area contributed by atoms with E-state index in [0.29, 0.717) is 0 Å². The van der Waals surface area contributed by atoms with Crippen LogP contribution in [0.15, 0.2) is 0 Å². The lowest BCUT2D eigenvalue weighted by Gasteiger charge is -2.38. The molecule has 0 aliphatic carbocycles. The van der Waals surface area contributed by atoms with Crippen molar-refractivity contribution < 1.29 is 4.74 Å². The molecule has 2 rings (SSSR count). The minimum absolute atomic E-state index is 0.00400. The van der Waals surface area contributed by atoms with Gasteiger partial charge in [-0.1, -0.05) is 0 Å². The van der Waals surface area contributed by atoms with Crippen LogP contribution in [0.5, 0.6) is 0 Å². The molecule has 0 atom stereocenters. The van der Waals surface area contributed by atoms with E-state index >= 15 is 0 Å². The Bertz CT molecular complexity index is 287. The third kappa shape index (κ3) is 6.64. The van der Waals surface area contributed by atoms with Gasteiger partial charge in [0.05, 0.1) is 12.2 Å². The zero-order valence-electron chi connectivity index (χ0n) is 14.6. The van der Waals surface area contributed by atoms with Crippen LogP contribution in [-0.4, -0.2) is 86.3 Å². The highest BCUT2D eigenvalue weighted by atomic mass is 16.5. The van der Waals surface area contributed by atoms with E-state index in [0.717, 1.165) is 19.1 Å². The molecule has 124 valence electrons. The summed E-state index contributed by atoms with van der Waals surface area (Å²) < 4.78 is 5.83. The van der Waals surface area contributed by atoms with E-state index in [1.165, 1.54) is 58.7 Å². The number of hydrogen-bond acceptors (Lipinski definition) is 4. The maximum atomic E-state index is 5.83. The van der Waals surface area contributed by atoms with Crippen LogP contribution in [0.3, 0.4) is 0 Å². The lowest BCUT2D eigenvalue weighted by atomic mass is 9.96. The molecule has 0 bridgehead atoms. The summed E-state index contributed by atoms with van der Waals surface area (Å²) in [5.41, 5.74) is -0.00400. The molecule has 4 heteroatoms. The van der Waals surface area contributed by atoms with E-state index in [2.05, 4.69) is 42.5 Å². The van der Waals surface area contributed by atoms with E-state index < -0.39 is 0 Å². The van der Waals surface area contributed by atoms with Gasteiger partial charge in [-0.3, -0.25) is 4.90 Å². The first kappa shape index (κ1) is 17.2. The highest BCUT2D eigenvalue weighted by molar-refractivity contribution is 4.77. The number of hydrogen-bond donors (Lipinski definition) is 0. The van der Waals surface area contributed by atoms with Gasteiger partial charge in [-0.2, -0.15) is 0 Å². The summed E-state index contributed by atoms with van der Waals surface area (Å²) in [6.45, 7) is 17.1. The Morgan fingerprint density at radius 3 is 2.05 bits per heavy atom. The first-order valence-electron chi connectivity index (χ1n) is 8.69. The van der Waals surface area contributed by atoms with E-state index in [1.807, 2.05) is 0 Å². The van der Waals surface area contributed by atoms with Gasteiger partial charge in [-0.15, -0.1) is 0 Å². The zero-order chi connectivity index (χ0) is 15.3. The molecule has 2 aliphatic rings. The van der Waals surface area contributed by atoms with Gasteiger partial charge >= 0.3 is 0 Å². The number of piperazine rings is 1. The molecule has 2 aliphatic heterocycles. The molecule has 0 unspecified atom stereocenters. The summed E-state index contributed by atoms with van der Waals surface area (Å²) in [6, 6.07) is 0. The maximum absolute atomic E-state index is 5.83.